The first-order valence-electron chi connectivity index (χ1n) is 10.6. The molecule has 0 bridgehead atoms. The number of carbonyl (C=O) groups is 3. The minimum absolute atomic E-state index is 0.0169. The van der Waals surface area contributed by atoms with Gasteiger partial charge < -0.3 is 10.1 Å². The van der Waals surface area contributed by atoms with Gasteiger partial charge in [0.1, 0.15) is 18.9 Å². The van der Waals surface area contributed by atoms with E-state index in [0.29, 0.717) is 22.0 Å². The van der Waals surface area contributed by atoms with Gasteiger partial charge in [-0.25, -0.2) is 0 Å². The third-order valence-electron chi connectivity index (χ3n) is 5.05. The summed E-state index contributed by atoms with van der Waals surface area (Å²) in [5.74, 6) is -0.641. The van der Waals surface area contributed by atoms with E-state index in [0.717, 1.165) is 22.2 Å². The second-order valence-corrected chi connectivity index (χ2v) is 9.00. The first-order chi connectivity index (χ1) is 17.3. The highest BCUT2D eigenvalue weighted by molar-refractivity contribution is 8.18. The van der Waals surface area contributed by atoms with Crippen molar-refractivity contribution in [2.24, 2.45) is 0 Å². The van der Waals surface area contributed by atoms with Crippen molar-refractivity contribution in [3.05, 3.63) is 104 Å². The molecule has 0 radical (unpaired) electrons. The summed E-state index contributed by atoms with van der Waals surface area (Å²) in [5.41, 5.74) is 1.76. The van der Waals surface area contributed by atoms with Crippen molar-refractivity contribution in [1.82, 2.24) is 4.90 Å². The molecular weight excluding hydrogens is 506 g/mol. The molecule has 1 heterocycles. The number of ether oxygens (including phenoxy) is 1. The van der Waals surface area contributed by atoms with Gasteiger partial charge in [0, 0.05) is 28.4 Å². The Kier molecular flexibility index (Phi) is 7.67. The number of halogens is 1. The molecule has 1 aliphatic heterocycles. The maximum atomic E-state index is 12.9. The monoisotopic (exact) mass is 523 g/mol. The third kappa shape index (κ3) is 6.09. The summed E-state index contributed by atoms with van der Waals surface area (Å²) in [5, 5.41) is 13.4. The van der Waals surface area contributed by atoms with Crippen LogP contribution in [0.5, 0.6) is 5.75 Å². The summed E-state index contributed by atoms with van der Waals surface area (Å²) in [7, 11) is 0. The minimum atomic E-state index is -0.582. The van der Waals surface area contributed by atoms with Crippen LogP contribution in [0.25, 0.3) is 6.08 Å². The van der Waals surface area contributed by atoms with Crippen LogP contribution in [0.3, 0.4) is 0 Å². The maximum Gasteiger partial charge on any atom is 0.294 e. The number of nitrogens with one attached hydrogen (secondary N) is 1. The van der Waals surface area contributed by atoms with Gasteiger partial charge >= 0.3 is 0 Å². The minimum Gasteiger partial charge on any atom is -0.488 e. The number of nitro benzene ring substituents is 1. The number of amides is 3. The highest BCUT2D eigenvalue weighted by Crippen LogP contribution is 2.34. The van der Waals surface area contributed by atoms with Crippen LogP contribution in [0.2, 0.25) is 5.02 Å². The van der Waals surface area contributed by atoms with E-state index in [4.69, 9.17) is 16.3 Å². The number of non-ortho nitro benzene ring substituents is 1. The second-order valence-electron chi connectivity index (χ2n) is 7.57. The number of thioether (sulfide) groups is 1. The third-order valence-corrected chi connectivity index (χ3v) is 6.21. The van der Waals surface area contributed by atoms with Crippen molar-refractivity contribution in [3.63, 3.8) is 0 Å². The molecule has 3 aromatic rings. The number of benzene rings is 3. The fraction of sp³-hybridized carbons (Fsp3) is 0.0800. The van der Waals surface area contributed by atoms with E-state index >= 15 is 0 Å². The summed E-state index contributed by atoms with van der Waals surface area (Å²) in [6, 6.07) is 19.4. The molecule has 0 saturated carbocycles. The molecule has 0 unspecified atom stereocenters. The van der Waals surface area contributed by atoms with Gasteiger partial charge in [0.2, 0.25) is 5.91 Å². The number of rotatable bonds is 8. The lowest BCUT2D eigenvalue weighted by Gasteiger charge is -2.12. The Hall–Kier alpha value is -4.15. The van der Waals surface area contributed by atoms with Crippen molar-refractivity contribution in [1.29, 1.82) is 0 Å². The molecule has 0 aliphatic carbocycles. The molecule has 0 atom stereocenters. The van der Waals surface area contributed by atoms with Gasteiger partial charge in [0.25, 0.3) is 16.8 Å². The Labute approximate surface area is 214 Å². The zero-order chi connectivity index (χ0) is 25.7. The smallest absolute Gasteiger partial charge is 0.294 e. The van der Waals surface area contributed by atoms with Crippen molar-refractivity contribution >= 4 is 57.9 Å². The molecule has 11 heteroatoms. The average molecular weight is 524 g/mol. The lowest BCUT2D eigenvalue weighted by molar-refractivity contribution is -0.384. The van der Waals surface area contributed by atoms with E-state index < -0.39 is 28.5 Å². The lowest BCUT2D eigenvalue weighted by atomic mass is 10.1. The van der Waals surface area contributed by atoms with Crippen LogP contribution in [-0.4, -0.2) is 33.4 Å². The van der Waals surface area contributed by atoms with Crippen LogP contribution < -0.4 is 10.1 Å². The SMILES string of the molecule is O=C(CN1C(=O)S/C(=C\c2ccccc2OCc2ccc([N+](=O)[O-])cc2)C1=O)Nc1ccc(Cl)cc1. The molecule has 36 heavy (non-hydrogen) atoms. The molecule has 1 saturated heterocycles. The largest absolute Gasteiger partial charge is 0.488 e. The number of para-hydroxylation sites is 1. The molecular formula is C25H18ClN3O6S. The maximum absolute atomic E-state index is 12.9. The predicted octanol–water partition coefficient (Wildman–Crippen LogP) is 5.50. The van der Waals surface area contributed by atoms with Crippen molar-refractivity contribution in [2.45, 2.75) is 6.61 Å². The first kappa shape index (κ1) is 25.0. The Morgan fingerprint density at radius 2 is 1.75 bits per heavy atom. The second kappa shape index (κ2) is 11.1. The van der Waals surface area contributed by atoms with Crippen molar-refractivity contribution < 1.29 is 24.0 Å². The van der Waals surface area contributed by atoms with Gasteiger partial charge in [0.05, 0.1) is 9.83 Å². The van der Waals surface area contributed by atoms with Gasteiger partial charge in [-0.1, -0.05) is 29.8 Å². The van der Waals surface area contributed by atoms with E-state index in [9.17, 15) is 24.5 Å². The van der Waals surface area contributed by atoms with Gasteiger partial charge in [0.15, 0.2) is 0 Å². The normalized spacial score (nSPS) is 14.2. The lowest BCUT2D eigenvalue weighted by Crippen LogP contribution is -2.36. The molecule has 3 amide bonds. The standard InChI is InChI=1S/C25H18ClN3O6S/c26-18-7-9-19(10-8-18)27-23(30)14-28-24(31)22(36-25(28)32)13-17-3-1-2-4-21(17)35-15-16-5-11-20(12-6-16)29(33)34/h1-13H,14-15H2,(H,27,30)/b22-13-. The summed E-state index contributed by atoms with van der Waals surface area (Å²) in [4.78, 5) is 49.0. The number of nitro groups is 1. The Bertz CT molecular complexity index is 1360. The van der Waals surface area contributed by atoms with Gasteiger partial charge in [-0.3, -0.25) is 29.4 Å². The van der Waals surface area contributed by atoms with Crippen LogP contribution in [-0.2, 0) is 16.2 Å². The predicted molar refractivity (Wildman–Crippen MR) is 137 cm³/mol. The van der Waals surface area contributed by atoms with Crippen molar-refractivity contribution in [3.8, 4) is 5.75 Å². The van der Waals surface area contributed by atoms with E-state index in [1.165, 1.54) is 18.2 Å². The molecule has 1 N–H and O–H groups in total. The summed E-state index contributed by atoms with van der Waals surface area (Å²) in [6.07, 6.45) is 1.53. The highest BCUT2D eigenvalue weighted by Gasteiger charge is 2.36. The first-order valence-corrected chi connectivity index (χ1v) is 11.8. The van der Waals surface area contributed by atoms with Crippen LogP contribution in [0, 0.1) is 10.1 Å². The fourth-order valence-corrected chi connectivity index (χ4v) is 4.22. The molecule has 0 spiro atoms. The van der Waals surface area contributed by atoms with Crippen molar-refractivity contribution in [2.75, 3.05) is 11.9 Å². The number of hydrogen-bond donors (Lipinski definition) is 1. The Morgan fingerprint density at radius 3 is 2.44 bits per heavy atom. The summed E-state index contributed by atoms with van der Waals surface area (Å²) in [6.45, 7) is -0.280. The Morgan fingerprint density at radius 1 is 1.06 bits per heavy atom. The molecule has 0 aromatic heterocycles. The van der Waals surface area contributed by atoms with Gasteiger partial charge in [-0.05, 0) is 65.9 Å². The molecule has 3 aromatic carbocycles. The molecule has 4 rings (SSSR count). The molecule has 182 valence electrons. The topological polar surface area (TPSA) is 119 Å². The zero-order valence-corrected chi connectivity index (χ0v) is 20.1. The number of anilines is 1. The van der Waals surface area contributed by atoms with Crippen LogP contribution in [0.4, 0.5) is 16.2 Å². The van der Waals surface area contributed by atoms with E-state index in [1.54, 1.807) is 60.7 Å². The highest BCUT2D eigenvalue weighted by atomic mass is 35.5. The fourth-order valence-electron chi connectivity index (χ4n) is 3.26. The van der Waals surface area contributed by atoms with Gasteiger partial charge in [-0.15, -0.1) is 0 Å². The molecule has 9 nitrogen and oxygen atoms in total. The number of hydrogen-bond acceptors (Lipinski definition) is 7. The van der Waals surface area contributed by atoms with E-state index in [-0.39, 0.29) is 17.2 Å². The van der Waals surface area contributed by atoms with Crippen LogP contribution in [0.15, 0.2) is 77.7 Å². The van der Waals surface area contributed by atoms with E-state index in [1.807, 2.05) is 0 Å². The number of nitrogens with zero attached hydrogens (tertiary/aromatic N) is 2. The number of carbonyl (C=O) groups excluding carboxylic acids is 3. The van der Waals surface area contributed by atoms with Crippen LogP contribution >= 0.6 is 23.4 Å². The van der Waals surface area contributed by atoms with Gasteiger partial charge in [-0.2, -0.15) is 0 Å². The number of imide groups is 1. The molecule has 1 aliphatic rings. The summed E-state index contributed by atoms with van der Waals surface area (Å²) >= 11 is 6.57. The average Bonchev–Trinajstić information content (AvgIpc) is 3.12. The van der Waals surface area contributed by atoms with E-state index in [2.05, 4.69) is 5.32 Å². The quantitative estimate of drug-likeness (QED) is 0.235. The van der Waals surface area contributed by atoms with Crippen LogP contribution in [0.1, 0.15) is 11.1 Å². The molecule has 1 fully saturated rings. The summed E-state index contributed by atoms with van der Waals surface area (Å²) < 4.78 is 5.86. The Balaban J connectivity index is 1.43. The zero-order valence-electron chi connectivity index (χ0n) is 18.5.